The van der Waals surface area contributed by atoms with Gasteiger partial charge in [0.05, 0.1) is 32.1 Å². The Morgan fingerprint density at radius 2 is 1.84 bits per heavy atom. The van der Waals surface area contributed by atoms with Gasteiger partial charge in [-0.05, 0) is 23.3 Å². The number of hydrogen-bond donors (Lipinski definition) is 3. The van der Waals surface area contributed by atoms with Gasteiger partial charge in [0.25, 0.3) is 0 Å². The molecule has 3 rings (SSSR count). The van der Waals surface area contributed by atoms with Crippen LogP contribution in [0.15, 0.2) is 65.8 Å². The molecule has 0 fully saturated rings. The Hall–Kier alpha value is -3.08. The number of imidazole rings is 1. The number of aliphatic imine (C=N–C) groups is 1. The molecule has 8 nitrogen and oxygen atoms in total. The average molecular weight is 548 g/mol. The van der Waals surface area contributed by atoms with Crippen LogP contribution in [0, 0.1) is 0 Å². The second kappa shape index (κ2) is 12.7. The number of ether oxygens (including phenoxy) is 1. The Morgan fingerprint density at radius 3 is 2.50 bits per heavy atom. The number of aromatic amines is 1. The molecule has 3 N–H and O–H groups in total. The summed E-state index contributed by atoms with van der Waals surface area (Å²) in [5.41, 5.74) is 3.05. The number of carbonyl (C=O) groups is 1. The summed E-state index contributed by atoms with van der Waals surface area (Å²) >= 11 is 0. The standard InChI is InChI=1S/C23H28N6O2.HI/c1-24-23(27-15-22(30)26-13-17-9-11-19(31-3)12-10-17)29(2)16-21-25-14-20(28-21)18-7-5-4-6-8-18;/h4-12,14H,13,15-16H2,1-3H3,(H,24,27)(H,25,28)(H,26,30);1H. The number of guanidine groups is 1. The molecule has 0 saturated heterocycles. The van der Waals surface area contributed by atoms with Crippen molar-refractivity contribution < 1.29 is 9.53 Å². The van der Waals surface area contributed by atoms with Crippen molar-refractivity contribution in [1.29, 1.82) is 0 Å². The largest absolute Gasteiger partial charge is 0.497 e. The van der Waals surface area contributed by atoms with E-state index >= 15 is 0 Å². The summed E-state index contributed by atoms with van der Waals surface area (Å²) in [7, 11) is 5.21. The first-order valence-electron chi connectivity index (χ1n) is 9.99. The summed E-state index contributed by atoms with van der Waals surface area (Å²) in [5, 5.41) is 5.98. The highest BCUT2D eigenvalue weighted by Gasteiger charge is 2.11. The maximum atomic E-state index is 12.2. The summed E-state index contributed by atoms with van der Waals surface area (Å²) in [6.45, 7) is 1.11. The predicted octanol–water partition coefficient (Wildman–Crippen LogP) is 3.03. The second-order valence-electron chi connectivity index (χ2n) is 6.99. The molecule has 0 saturated carbocycles. The summed E-state index contributed by atoms with van der Waals surface area (Å²) in [4.78, 5) is 26.2. The van der Waals surface area contributed by atoms with E-state index in [1.54, 1.807) is 14.2 Å². The molecule has 0 spiro atoms. The zero-order valence-electron chi connectivity index (χ0n) is 18.5. The highest BCUT2D eigenvalue weighted by atomic mass is 127. The number of carbonyl (C=O) groups excluding carboxylic acids is 1. The Kier molecular flexibility index (Phi) is 9.99. The van der Waals surface area contributed by atoms with Crippen LogP contribution in [0.5, 0.6) is 5.75 Å². The molecular formula is C23H29IN6O2. The van der Waals surface area contributed by atoms with E-state index in [9.17, 15) is 4.79 Å². The van der Waals surface area contributed by atoms with E-state index in [-0.39, 0.29) is 36.4 Å². The third kappa shape index (κ3) is 7.26. The number of methoxy groups -OCH3 is 1. The van der Waals surface area contributed by atoms with E-state index in [1.165, 1.54) is 0 Å². The minimum absolute atomic E-state index is 0. The third-order valence-corrected chi connectivity index (χ3v) is 4.73. The van der Waals surface area contributed by atoms with E-state index in [1.807, 2.05) is 72.7 Å². The molecule has 0 aliphatic carbocycles. The van der Waals surface area contributed by atoms with E-state index in [2.05, 4.69) is 25.6 Å². The lowest BCUT2D eigenvalue weighted by Crippen LogP contribution is -2.43. The molecule has 3 aromatic rings. The van der Waals surface area contributed by atoms with Gasteiger partial charge in [-0.1, -0.05) is 42.5 Å². The molecule has 32 heavy (non-hydrogen) atoms. The zero-order valence-corrected chi connectivity index (χ0v) is 20.8. The molecule has 0 radical (unpaired) electrons. The normalized spacial score (nSPS) is 10.8. The van der Waals surface area contributed by atoms with Crippen molar-refractivity contribution in [3.8, 4) is 17.0 Å². The van der Waals surface area contributed by atoms with Crippen molar-refractivity contribution in [1.82, 2.24) is 25.5 Å². The van der Waals surface area contributed by atoms with Crippen LogP contribution in [-0.4, -0.2) is 54.5 Å². The first-order valence-corrected chi connectivity index (χ1v) is 9.99. The zero-order chi connectivity index (χ0) is 22.1. The van der Waals surface area contributed by atoms with Crippen LogP contribution in [0.25, 0.3) is 11.3 Å². The quantitative estimate of drug-likeness (QED) is 0.229. The smallest absolute Gasteiger partial charge is 0.239 e. The predicted molar refractivity (Wildman–Crippen MR) is 137 cm³/mol. The van der Waals surface area contributed by atoms with Crippen molar-refractivity contribution in [3.05, 3.63) is 72.2 Å². The molecule has 2 aromatic carbocycles. The van der Waals surface area contributed by atoms with Crippen LogP contribution in [0.3, 0.4) is 0 Å². The summed E-state index contributed by atoms with van der Waals surface area (Å²) < 4.78 is 5.14. The first kappa shape index (κ1) is 25.2. The lowest BCUT2D eigenvalue weighted by Gasteiger charge is -2.20. The number of H-pyrrole nitrogens is 1. The fourth-order valence-electron chi connectivity index (χ4n) is 3.06. The number of benzene rings is 2. The van der Waals surface area contributed by atoms with Crippen LogP contribution in [0.2, 0.25) is 0 Å². The van der Waals surface area contributed by atoms with Crippen LogP contribution >= 0.6 is 24.0 Å². The number of nitrogens with zero attached hydrogens (tertiary/aromatic N) is 3. The summed E-state index contributed by atoms with van der Waals surface area (Å²) in [5.74, 6) is 2.09. The van der Waals surface area contributed by atoms with Gasteiger partial charge in [0.1, 0.15) is 11.6 Å². The molecule has 0 unspecified atom stereocenters. The van der Waals surface area contributed by atoms with Crippen molar-refractivity contribution in [2.45, 2.75) is 13.1 Å². The lowest BCUT2D eigenvalue weighted by molar-refractivity contribution is -0.120. The van der Waals surface area contributed by atoms with Crippen molar-refractivity contribution in [2.24, 2.45) is 4.99 Å². The fourth-order valence-corrected chi connectivity index (χ4v) is 3.06. The molecule has 170 valence electrons. The maximum Gasteiger partial charge on any atom is 0.239 e. The number of amides is 1. The van der Waals surface area contributed by atoms with Crippen molar-refractivity contribution >= 4 is 35.8 Å². The summed E-state index contributed by atoms with van der Waals surface area (Å²) in [6.07, 6.45) is 1.82. The van der Waals surface area contributed by atoms with E-state index in [4.69, 9.17) is 4.74 Å². The Balaban J connectivity index is 0.00000363. The van der Waals surface area contributed by atoms with Gasteiger partial charge in [0.2, 0.25) is 5.91 Å². The van der Waals surface area contributed by atoms with E-state index < -0.39 is 0 Å². The van der Waals surface area contributed by atoms with Gasteiger partial charge in [-0.2, -0.15) is 0 Å². The average Bonchev–Trinajstić information content (AvgIpc) is 3.27. The third-order valence-electron chi connectivity index (χ3n) is 4.73. The van der Waals surface area contributed by atoms with E-state index in [0.717, 1.165) is 28.4 Å². The molecule has 0 bridgehead atoms. The molecule has 0 aliphatic heterocycles. The molecule has 1 heterocycles. The van der Waals surface area contributed by atoms with Gasteiger partial charge < -0.3 is 25.3 Å². The number of rotatable bonds is 8. The fraction of sp³-hybridized carbons (Fsp3) is 0.261. The number of aromatic nitrogens is 2. The van der Waals surface area contributed by atoms with Crippen molar-refractivity contribution in [2.75, 3.05) is 27.7 Å². The number of nitrogens with one attached hydrogen (secondary N) is 3. The molecule has 9 heteroatoms. The van der Waals surface area contributed by atoms with Gasteiger partial charge in [0, 0.05) is 20.6 Å². The SMILES string of the molecule is CN=C(NCC(=O)NCc1ccc(OC)cc1)N(C)Cc1ncc(-c2ccccc2)[nH]1.I. The Morgan fingerprint density at radius 1 is 1.12 bits per heavy atom. The molecule has 1 aromatic heterocycles. The van der Waals surface area contributed by atoms with Gasteiger partial charge in [-0.25, -0.2) is 4.98 Å². The highest BCUT2D eigenvalue weighted by Crippen LogP contribution is 2.16. The minimum atomic E-state index is -0.116. The highest BCUT2D eigenvalue weighted by molar-refractivity contribution is 14.0. The second-order valence-corrected chi connectivity index (χ2v) is 6.99. The monoisotopic (exact) mass is 548 g/mol. The summed E-state index contributed by atoms with van der Waals surface area (Å²) in [6, 6.07) is 17.6. The van der Waals surface area contributed by atoms with Crippen molar-refractivity contribution in [3.63, 3.8) is 0 Å². The lowest BCUT2D eigenvalue weighted by atomic mass is 10.2. The molecule has 0 atom stereocenters. The Bertz CT molecular complexity index is 1000. The van der Waals surface area contributed by atoms with Gasteiger partial charge >= 0.3 is 0 Å². The van der Waals surface area contributed by atoms with Gasteiger partial charge in [-0.15, -0.1) is 24.0 Å². The van der Waals surface area contributed by atoms with Crippen LogP contribution in [-0.2, 0) is 17.9 Å². The molecule has 1 amide bonds. The minimum Gasteiger partial charge on any atom is -0.497 e. The number of halogens is 1. The molecule has 0 aliphatic rings. The van der Waals surface area contributed by atoms with Gasteiger partial charge in [0.15, 0.2) is 5.96 Å². The molecular weight excluding hydrogens is 519 g/mol. The first-order chi connectivity index (χ1) is 15.1. The Labute approximate surface area is 205 Å². The van der Waals surface area contributed by atoms with Crippen LogP contribution < -0.4 is 15.4 Å². The number of hydrogen-bond acceptors (Lipinski definition) is 4. The van der Waals surface area contributed by atoms with E-state index in [0.29, 0.717) is 19.0 Å². The maximum absolute atomic E-state index is 12.2. The van der Waals surface area contributed by atoms with Crippen LogP contribution in [0.1, 0.15) is 11.4 Å². The van der Waals surface area contributed by atoms with Crippen LogP contribution in [0.4, 0.5) is 0 Å². The topological polar surface area (TPSA) is 94.6 Å². The van der Waals surface area contributed by atoms with Gasteiger partial charge in [-0.3, -0.25) is 9.79 Å².